The van der Waals surface area contributed by atoms with Crippen molar-refractivity contribution in [1.29, 1.82) is 0 Å². The SMILES string of the molecule is O=C1CC[C@H]([C@H](c2ccccn2)C2CCCCC2)N1. The maximum Gasteiger partial charge on any atom is 0.220 e. The van der Waals surface area contributed by atoms with Gasteiger partial charge in [0.25, 0.3) is 0 Å². The number of nitrogens with one attached hydrogen (secondary N) is 1. The van der Waals surface area contributed by atoms with Crippen LogP contribution in [-0.2, 0) is 4.79 Å². The second kappa shape index (κ2) is 5.72. The van der Waals surface area contributed by atoms with E-state index in [0.29, 0.717) is 24.3 Å². The summed E-state index contributed by atoms with van der Waals surface area (Å²) in [5.74, 6) is 1.31. The van der Waals surface area contributed by atoms with E-state index in [9.17, 15) is 4.79 Å². The average molecular weight is 258 g/mol. The van der Waals surface area contributed by atoms with E-state index in [1.54, 1.807) is 0 Å². The zero-order valence-electron chi connectivity index (χ0n) is 11.3. The lowest BCUT2D eigenvalue weighted by Gasteiger charge is -2.33. The topological polar surface area (TPSA) is 42.0 Å². The van der Waals surface area contributed by atoms with Crippen molar-refractivity contribution in [2.24, 2.45) is 5.92 Å². The molecule has 0 unspecified atom stereocenters. The van der Waals surface area contributed by atoms with Gasteiger partial charge in [0.15, 0.2) is 0 Å². The number of hydrogen-bond donors (Lipinski definition) is 1. The van der Waals surface area contributed by atoms with Gasteiger partial charge in [-0.2, -0.15) is 0 Å². The van der Waals surface area contributed by atoms with Crippen molar-refractivity contribution in [3.63, 3.8) is 0 Å². The number of rotatable bonds is 3. The number of nitrogens with zero attached hydrogens (tertiary/aromatic N) is 1. The van der Waals surface area contributed by atoms with Crippen molar-refractivity contribution < 1.29 is 4.79 Å². The number of amides is 1. The minimum Gasteiger partial charge on any atom is -0.353 e. The summed E-state index contributed by atoms with van der Waals surface area (Å²) >= 11 is 0. The largest absolute Gasteiger partial charge is 0.353 e. The van der Waals surface area contributed by atoms with E-state index in [1.807, 2.05) is 12.3 Å². The van der Waals surface area contributed by atoms with Crippen LogP contribution in [0.25, 0.3) is 0 Å². The third kappa shape index (κ3) is 2.80. The molecule has 1 amide bonds. The Bertz CT molecular complexity index is 426. The second-order valence-corrected chi connectivity index (χ2v) is 5.89. The molecule has 102 valence electrons. The third-order valence-corrected chi connectivity index (χ3v) is 4.65. The van der Waals surface area contributed by atoms with E-state index < -0.39 is 0 Å². The normalized spacial score (nSPS) is 26.1. The van der Waals surface area contributed by atoms with Crippen LogP contribution in [-0.4, -0.2) is 16.9 Å². The summed E-state index contributed by atoms with van der Waals surface area (Å²) in [6, 6.07) is 6.46. The Balaban J connectivity index is 1.84. The van der Waals surface area contributed by atoms with Crippen LogP contribution in [0.5, 0.6) is 0 Å². The highest BCUT2D eigenvalue weighted by molar-refractivity contribution is 5.78. The number of carbonyl (C=O) groups is 1. The fourth-order valence-electron chi connectivity index (χ4n) is 3.75. The van der Waals surface area contributed by atoms with Gasteiger partial charge in [-0.15, -0.1) is 0 Å². The second-order valence-electron chi connectivity index (χ2n) is 5.89. The van der Waals surface area contributed by atoms with Gasteiger partial charge in [-0.1, -0.05) is 25.3 Å². The molecule has 3 nitrogen and oxygen atoms in total. The van der Waals surface area contributed by atoms with Crippen LogP contribution in [0.2, 0.25) is 0 Å². The Labute approximate surface area is 114 Å². The summed E-state index contributed by atoms with van der Waals surface area (Å²) in [5.41, 5.74) is 1.17. The lowest BCUT2D eigenvalue weighted by Crippen LogP contribution is -2.36. The third-order valence-electron chi connectivity index (χ3n) is 4.65. The Kier molecular flexibility index (Phi) is 3.81. The van der Waals surface area contributed by atoms with Gasteiger partial charge < -0.3 is 5.32 Å². The van der Waals surface area contributed by atoms with E-state index in [2.05, 4.69) is 22.4 Å². The number of hydrogen-bond acceptors (Lipinski definition) is 2. The molecule has 0 radical (unpaired) electrons. The molecule has 1 aromatic rings. The number of pyridine rings is 1. The van der Waals surface area contributed by atoms with E-state index in [1.165, 1.54) is 37.8 Å². The number of carbonyl (C=O) groups excluding carboxylic acids is 1. The molecule has 19 heavy (non-hydrogen) atoms. The molecular formula is C16H22N2O. The van der Waals surface area contributed by atoms with Gasteiger partial charge in [-0.05, 0) is 37.3 Å². The molecule has 1 aromatic heterocycles. The smallest absolute Gasteiger partial charge is 0.220 e. The summed E-state index contributed by atoms with van der Waals surface area (Å²) < 4.78 is 0. The van der Waals surface area contributed by atoms with Crippen LogP contribution in [0, 0.1) is 5.92 Å². The molecule has 2 fully saturated rings. The quantitative estimate of drug-likeness (QED) is 0.905. The van der Waals surface area contributed by atoms with Crippen molar-refractivity contribution in [2.45, 2.75) is 56.9 Å². The molecule has 0 bridgehead atoms. The number of aromatic nitrogens is 1. The zero-order chi connectivity index (χ0) is 13.1. The van der Waals surface area contributed by atoms with Crippen LogP contribution in [0.15, 0.2) is 24.4 Å². The highest BCUT2D eigenvalue weighted by Gasteiger charge is 2.36. The van der Waals surface area contributed by atoms with Crippen molar-refractivity contribution in [1.82, 2.24) is 10.3 Å². The van der Waals surface area contributed by atoms with E-state index in [4.69, 9.17) is 0 Å². The molecule has 1 N–H and O–H groups in total. The van der Waals surface area contributed by atoms with Gasteiger partial charge >= 0.3 is 0 Å². The summed E-state index contributed by atoms with van der Waals surface area (Å²) in [6.07, 6.45) is 10.1. The molecular weight excluding hydrogens is 236 g/mol. The first-order chi connectivity index (χ1) is 9.34. The Morgan fingerprint density at radius 2 is 2.00 bits per heavy atom. The van der Waals surface area contributed by atoms with Gasteiger partial charge in [-0.25, -0.2) is 0 Å². The fraction of sp³-hybridized carbons (Fsp3) is 0.625. The molecule has 0 spiro atoms. The molecule has 1 aliphatic heterocycles. The lowest BCUT2D eigenvalue weighted by molar-refractivity contribution is -0.119. The van der Waals surface area contributed by atoms with Gasteiger partial charge in [0.05, 0.1) is 0 Å². The van der Waals surface area contributed by atoms with Crippen LogP contribution in [0.4, 0.5) is 0 Å². The summed E-state index contributed by atoms with van der Waals surface area (Å²) in [4.78, 5) is 16.1. The Hall–Kier alpha value is -1.38. The van der Waals surface area contributed by atoms with Crippen LogP contribution >= 0.6 is 0 Å². The van der Waals surface area contributed by atoms with Crippen molar-refractivity contribution in [3.05, 3.63) is 30.1 Å². The summed E-state index contributed by atoms with van der Waals surface area (Å²) in [5, 5.41) is 3.17. The first kappa shape index (κ1) is 12.6. The maximum absolute atomic E-state index is 11.5. The fourth-order valence-corrected chi connectivity index (χ4v) is 3.75. The summed E-state index contributed by atoms with van der Waals surface area (Å²) in [6.45, 7) is 0. The molecule has 2 atom stereocenters. The van der Waals surface area contributed by atoms with E-state index in [0.717, 1.165) is 6.42 Å². The molecule has 1 saturated carbocycles. The van der Waals surface area contributed by atoms with E-state index >= 15 is 0 Å². The minimum absolute atomic E-state index is 0.210. The van der Waals surface area contributed by atoms with Gasteiger partial charge in [0.1, 0.15) is 0 Å². The Morgan fingerprint density at radius 1 is 1.16 bits per heavy atom. The first-order valence-corrected chi connectivity index (χ1v) is 7.55. The molecule has 1 saturated heterocycles. The summed E-state index contributed by atoms with van der Waals surface area (Å²) in [7, 11) is 0. The highest BCUT2D eigenvalue weighted by atomic mass is 16.1. The minimum atomic E-state index is 0.210. The monoisotopic (exact) mass is 258 g/mol. The standard InChI is InChI=1S/C16H22N2O/c19-15-10-9-14(18-15)16(12-6-2-1-3-7-12)13-8-4-5-11-17-13/h4-5,8,11-12,14,16H,1-3,6-7,9-10H2,(H,18,19)/t14-,16+/m1/s1. The van der Waals surface area contributed by atoms with Crippen molar-refractivity contribution in [2.75, 3.05) is 0 Å². The predicted octanol–water partition coefficient (Wildman–Crippen LogP) is 3.02. The molecule has 1 aliphatic carbocycles. The van der Waals surface area contributed by atoms with Crippen LogP contribution in [0.1, 0.15) is 56.6 Å². The van der Waals surface area contributed by atoms with Gasteiger partial charge in [0.2, 0.25) is 5.91 Å². The highest BCUT2D eigenvalue weighted by Crippen LogP contribution is 2.39. The maximum atomic E-state index is 11.5. The van der Waals surface area contributed by atoms with E-state index in [-0.39, 0.29) is 5.91 Å². The van der Waals surface area contributed by atoms with Crippen LogP contribution < -0.4 is 5.32 Å². The lowest BCUT2D eigenvalue weighted by atomic mass is 9.74. The average Bonchev–Trinajstić information content (AvgIpc) is 2.88. The zero-order valence-corrected chi connectivity index (χ0v) is 11.3. The molecule has 3 rings (SSSR count). The van der Waals surface area contributed by atoms with Gasteiger partial charge in [0, 0.05) is 30.3 Å². The molecule has 2 heterocycles. The molecule has 3 heteroatoms. The van der Waals surface area contributed by atoms with Crippen molar-refractivity contribution >= 4 is 5.91 Å². The molecule has 2 aliphatic rings. The molecule has 0 aromatic carbocycles. The van der Waals surface area contributed by atoms with Gasteiger partial charge in [-0.3, -0.25) is 9.78 Å². The first-order valence-electron chi connectivity index (χ1n) is 7.55. The van der Waals surface area contributed by atoms with Crippen LogP contribution in [0.3, 0.4) is 0 Å². The van der Waals surface area contributed by atoms with Crippen molar-refractivity contribution in [3.8, 4) is 0 Å². The predicted molar refractivity (Wildman–Crippen MR) is 74.7 cm³/mol. The Morgan fingerprint density at radius 3 is 2.63 bits per heavy atom.